The molecule has 1 aliphatic rings. The van der Waals surface area contributed by atoms with Gasteiger partial charge in [0.25, 0.3) is 0 Å². The number of nitrogens with one attached hydrogen (secondary N) is 1. The Morgan fingerprint density at radius 2 is 1.91 bits per heavy atom. The van der Waals surface area contributed by atoms with Gasteiger partial charge in [-0.1, -0.05) is 23.5 Å². The number of methoxy groups -OCH3 is 2. The van der Waals surface area contributed by atoms with E-state index in [0.29, 0.717) is 40.6 Å². The van der Waals surface area contributed by atoms with Crippen LogP contribution in [0.5, 0.6) is 11.5 Å². The molecule has 0 bridgehead atoms. The van der Waals surface area contributed by atoms with Crippen molar-refractivity contribution in [2.75, 3.05) is 26.1 Å². The molecule has 0 saturated carbocycles. The lowest BCUT2D eigenvalue weighted by atomic mass is 10.2. The molecule has 1 aliphatic heterocycles. The lowest BCUT2D eigenvalue weighted by molar-refractivity contribution is -0.119. The number of anilines is 1. The van der Waals surface area contributed by atoms with E-state index in [4.69, 9.17) is 9.47 Å². The van der Waals surface area contributed by atoms with E-state index in [1.165, 1.54) is 34.9 Å². The minimum atomic E-state index is -3.85. The van der Waals surface area contributed by atoms with Gasteiger partial charge >= 0.3 is 0 Å². The molecule has 0 radical (unpaired) electrons. The van der Waals surface area contributed by atoms with Gasteiger partial charge in [-0.05, 0) is 30.5 Å². The molecule has 170 valence electrons. The Balaban J connectivity index is 1.56. The second-order valence-electron chi connectivity index (χ2n) is 7.26. The molecule has 1 fully saturated rings. The smallest absolute Gasteiger partial charge is 0.244 e. The van der Waals surface area contributed by atoms with Gasteiger partial charge in [0, 0.05) is 18.7 Å². The number of hydrogen-bond donors (Lipinski definition) is 2. The van der Waals surface area contributed by atoms with Crippen molar-refractivity contribution in [3.05, 3.63) is 42.0 Å². The number of carbonyl (C=O) groups is 1. The van der Waals surface area contributed by atoms with Crippen molar-refractivity contribution < 1.29 is 27.8 Å². The third-order valence-electron chi connectivity index (χ3n) is 5.34. The van der Waals surface area contributed by atoms with Crippen LogP contribution in [0.3, 0.4) is 0 Å². The molecule has 0 spiro atoms. The number of hydrogen-bond acceptors (Lipinski definition) is 8. The van der Waals surface area contributed by atoms with Gasteiger partial charge in [0.05, 0.1) is 35.9 Å². The number of aliphatic hydroxyl groups excluding tert-OH is 1. The molecule has 2 aromatic carbocycles. The highest BCUT2D eigenvalue weighted by atomic mass is 32.2. The summed E-state index contributed by atoms with van der Waals surface area (Å²) < 4.78 is 38.9. The minimum absolute atomic E-state index is 0.0913. The molecule has 2 N–H and O–H groups in total. The van der Waals surface area contributed by atoms with E-state index in [0.717, 1.165) is 4.70 Å². The second-order valence-corrected chi connectivity index (χ2v) is 10.2. The minimum Gasteiger partial charge on any atom is -0.493 e. The van der Waals surface area contributed by atoms with E-state index in [2.05, 4.69) is 10.3 Å². The first kappa shape index (κ1) is 22.5. The van der Waals surface area contributed by atoms with Gasteiger partial charge in [-0.25, -0.2) is 13.4 Å². The molecule has 32 heavy (non-hydrogen) atoms. The summed E-state index contributed by atoms with van der Waals surface area (Å²) in [7, 11) is -0.778. The van der Waals surface area contributed by atoms with Crippen LogP contribution >= 0.6 is 11.3 Å². The van der Waals surface area contributed by atoms with Gasteiger partial charge < -0.3 is 19.9 Å². The molecule has 3 aromatic rings. The van der Waals surface area contributed by atoms with Crippen LogP contribution in [0.15, 0.2) is 41.3 Å². The number of aromatic nitrogens is 1. The first-order valence-electron chi connectivity index (χ1n) is 9.92. The Morgan fingerprint density at radius 1 is 1.22 bits per heavy atom. The average Bonchev–Trinajstić information content (AvgIpc) is 3.45. The summed E-state index contributed by atoms with van der Waals surface area (Å²) >= 11 is 1.27. The summed E-state index contributed by atoms with van der Waals surface area (Å²) in [6, 6.07) is 8.69. The summed E-state index contributed by atoms with van der Waals surface area (Å²) in [5.74, 6) is 0.668. The van der Waals surface area contributed by atoms with Crippen LogP contribution in [0.1, 0.15) is 18.4 Å². The fourth-order valence-corrected chi connectivity index (χ4v) is 6.22. The molecular formula is C21H23N3O6S2. The number of amides is 1. The third-order valence-corrected chi connectivity index (χ3v) is 8.20. The molecule has 1 amide bonds. The Morgan fingerprint density at radius 3 is 2.56 bits per heavy atom. The lowest BCUT2D eigenvalue weighted by Gasteiger charge is -2.23. The van der Waals surface area contributed by atoms with Gasteiger partial charge in [-0.2, -0.15) is 4.31 Å². The number of thiazole rings is 1. The molecule has 11 heteroatoms. The summed E-state index contributed by atoms with van der Waals surface area (Å²) in [5.41, 5.74) is 1.26. The maximum absolute atomic E-state index is 13.1. The Labute approximate surface area is 189 Å². The van der Waals surface area contributed by atoms with Crippen molar-refractivity contribution >= 4 is 42.6 Å². The number of benzene rings is 2. The molecule has 1 saturated heterocycles. The van der Waals surface area contributed by atoms with Gasteiger partial charge in [-0.3, -0.25) is 4.79 Å². The Hall–Kier alpha value is -2.73. The number of ether oxygens (including phenoxy) is 2. The fraction of sp³-hybridized carbons (Fsp3) is 0.333. The lowest BCUT2D eigenvalue weighted by Crippen LogP contribution is -2.43. The first-order chi connectivity index (χ1) is 15.4. The van der Waals surface area contributed by atoms with E-state index in [1.807, 2.05) is 0 Å². The van der Waals surface area contributed by atoms with Crippen LogP contribution in [0.25, 0.3) is 10.2 Å². The highest BCUT2D eigenvalue weighted by Gasteiger charge is 2.39. The maximum atomic E-state index is 13.1. The molecule has 1 atom stereocenters. The van der Waals surface area contributed by atoms with Crippen molar-refractivity contribution in [3.63, 3.8) is 0 Å². The molecular weight excluding hydrogens is 454 g/mol. The number of sulfonamides is 1. The van der Waals surface area contributed by atoms with E-state index in [1.54, 1.807) is 31.4 Å². The number of aliphatic hydroxyl groups is 1. The zero-order chi connectivity index (χ0) is 22.9. The number of rotatable bonds is 7. The molecule has 4 rings (SSSR count). The monoisotopic (exact) mass is 477 g/mol. The highest BCUT2D eigenvalue weighted by molar-refractivity contribution is 7.89. The van der Waals surface area contributed by atoms with Gasteiger partial charge in [0.15, 0.2) is 16.6 Å². The molecule has 9 nitrogen and oxygen atoms in total. The molecule has 1 aromatic heterocycles. The van der Waals surface area contributed by atoms with Crippen molar-refractivity contribution in [2.45, 2.75) is 30.4 Å². The first-order valence-corrected chi connectivity index (χ1v) is 12.2. The summed E-state index contributed by atoms with van der Waals surface area (Å²) in [4.78, 5) is 17.5. The van der Waals surface area contributed by atoms with Gasteiger partial charge in [0.2, 0.25) is 15.9 Å². The average molecular weight is 478 g/mol. The number of fused-ring (bicyclic) bond motifs is 1. The predicted octanol–water partition coefficient (Wildman–Crippen LogP) is 2.60. The van der Waals surface area contributed by atoms with Gasteiger partial charge in [-0.15, -0.1) is 0 Å². The normalized spacial score (nSPS) is 16.9. The SMILES string of the molecule is COc1cc2nc(NC(=O)[C@H]3CCCN3S(=O)(=O)c3ccc(CO)cc3)sc2cc1OC. The summed E-state index contributed by atoms with van der Waals surface area (Å²) in [6.07, 6.45) is 1.01. The summed E-state index contributed by atoms with van der Waals surface area (Å²) in [6.45, 7) is 0.0887. The third kappa shape index (κ3) is 4.16. The standard InChI is InChI=1S/C21H23N3O6S2/c1-29-17-10-15-19(11-18(17)30-2)31-21(22-15)23-20(26)16-4-3-9-24(16)32(27,28)14-7-5-13(12-25)6-8-14/h5-8,10-11,16,25H,3-4,9,12H2,1-2H3,(H,22,23,26)/t16-/m1/s1. The van der Waals surface area contributed by atoms with E-state index < -0.39 is 22.0 Å². The molecule has 0 unspecified atom stereocenters. The Kier molecular flexibility index (Phi) is 6.33. The van der Waals surface area contributed by atoms with Crippen molar-refractivity contribution in [3.8, 4) is 11.5 Å². The van der Waals surface area contributed by atoms with Crippen molar-refractivity contribution in [1.29, 1.82) is 0 Å². The number of carbonyl (C=O) groups excluding carboxylic acids is 1. The van der Waals surface area contributed by atoms with E-state index in [-0.39, 0.29) is 18.0 Å². The van der Waals surface area contributed by atoms with Crippen LogP contribution in [-0.4, -0.2) is 55.5 Å². The van der Waals surface area contributed by atoms with Crippen LogP contribution in [-0.2, 0) is 21.4 Å². The topological polar surface area (TPSA) is 118 Å². The largest absolute Gasteiger partial charge is 0.493 e. The maximum Gasteiger partial charge on any atom is 0.244 e. The fourth-order valence-electron chi connectivity index (χ4n) is 3.69. The highest BCUT2D eigenvalue weighted by Crippen LogP contribution is 2.36. The van der Waals surface area contributed by atoms with Crippen LogP contribution in [0, 0.1) is 0 Å². The van der Waals surface area contributed by atoms with E-state index >= 15 is 0 Å². The molecule has 2 heterocycles. The van der Waals surface area contributed by atoms with Crippen LogP contribution in [0.2, 0.25) is 0 Å². The zero-order valence-corrected chi connectivity index (χ0v) is 19.2. The quantitative estimate of drug-likeness (QED) is 0.537. The van der Waals surface area contributed by atoms with Crippen molar-refractivity contribution in [2.24, 2.45) is 0 Å². The molecule has 0 aliphatic carbocycles. The Bertz CT molecular complexity index is 1200. The van der Waals surface area contributed by atoms with Crippen LogP contribution < -0.4 is 14.8 Å². The second kappa shape index (κ2) is 9.02. The predicted molar refractivity (Wildman–Crippen MR) is 121 cm³/mol. The van der Waals surface area contributed by atoms with Crippen molar-refractivity contribution in [1.82, 2.24) is 9.29 Å². The van der Waals surface area contributed by atoms with E-state index in [9.17, 15) is 18.3 Å². The summed E-state index contributed by atoms with van der Waals surface area (Å²) in [5, 5.41) is 12.3. The van der Waals surface area contributed by atoms with Crippen LogP contribution in [0.4, 0.5) is 5.13 Å². The van der Waals surface area contributed by atoms with Gasteiger partial charge in [0.1, 0.15) is 6.04 Å². The zero-order valence-electron chi connectivity index (χ0n) is 17.6. The number of nitrogens with zero attached hydrogens (tertiary/aromatic N) is 2.